The Morgan fingerprint density at radius 3 is 2.79 bits per heavy atom. The number of nitrogens with zero attached hydrogens (tertiary/aromatic N) is 4. The molecule has 28 heavy (non-hydrogen) atoms. The maximum Gasteiger partial charge on any atom is 0.352 e. The average Bonchev–Trinajstić information content (AvgIpc) is 3.42. The molecule has 0 bridgehead atoms. The summed E-state index contributed by atoms with van der Waals surface area (Å²) in [7, 11) is 0. The van der Waals surface area contributed by atoms with Gasteiger partial charge in [-0.1, -0.05) is 29.8 Å². The van der Waals surface area contributed by atoms with Gasteiger partial charge in [-0.15, -0.1) is 16.4 Å². The highest BCUT2D eigenvalue weighted by Gasteiger charge is 2.22. The Bertz CT molecular complexity index is 1270. The number of aryl methyl sites for hydroxylation is 1. The molecule has 8 heteroatoms. The monoisotopic (exact) mass is 396 g/mol. The molecule has 3 aromatic heterocycles. The zero-order chi connectivity index (χ0) is 19.3. The van der Waals surface area contributed by atoms with Crippen LogP contribution in [0.1, 0.15) is 24.0 Å². The number of rotatable bonds is 4. The fraction of sp³-hybridized carbons (Fsp3) is 0.350. The third-order valence-electron chi connectivity index (χ3n) is 5.25. The Morgan fingerprint density at radius 1 is 1.21 bits per heavy atom. The van der Waals surface area contributed by atoms with Crippen molar-refractivity contribution in [1.82, 2.24) is 18.7 Å². The van der Waals surface area contributed by atoms with E-state index in [1.807, 2.05) is 42.6 Å². The second kappa shape index (κ2) is 6.72. The van der Waals surface area contributed by atoms with Gasteiger partial charge >= 0.3 is 5.69 Å². The van der Waals surface area contributed by atoms with Crippen molar-refractivity contribution >= 4 is 27.3 Å². The molecule has 0 N–H and O–H groups in total. The van der Waals surface area contributed by atoms with Crippen LogP contribution in [0.3, 0.4) is 0 Å². The minimum Gasteiger partial charge on any atom is -0.376 e. The highest BCUT2D eigenvalue weighted by molar-refractivity contribution is 7.17. The van der Waals surface area contributed by atoms with E-state index in [4.69, 9.17) is 4.74 Å². The summed E-state index contributed by atoms with van der Waals surface area (Å²) in [5.74, 6) is 0.378. The van der Waals surface area contributed by atoms with Crippen molar-refractivity contribution in [1.29, 1.82) is 0 Å². The zero-order valence-corrected chi connectivity index (χ0v) is 16.3. The van der Waals surface area contributed by atoms with Crippen molar-refractivity contribution in [2.75, 3.05) is 6.61 Å². The zero-order valence-electron chi connectivity index (χ0n) is 15.5. The Balaban J connectivity index is 1.69. The standard InChI is InChI=1S/C20H20N4O3S/c1-13-4-6-14(7-5-13)11-23-20(26)24-16-8-10-28-17(16)18(25)22(19(24)21-23)12-15-3-2-9-27-15/h4-8,10,15H,2-3,9,11-12H2,1H3/t15-/m0/s1. The van der Waals surface area contributed by atoms with Crippen LogP contribution in [0.4, 0.5) is 0 Å². The van der Waals surface area contributed by atoms with Crippen LogP contribution in [0.5, 0.6) is 0 Å². The molecule has 0 amide bonds. The largest absolute Gasteiger partial charge is 0.376 e. The summed E-state index contributed by atoms with van der Waals surface area (Å²) < 4.78 is 10.9. The van der Waals surface area contributed by atoms with E-state index in [1.54, 1.807) is 8.97 Å². The third kappa shape index (κ3) is 2.80. The van der Waals surface area contributed by atoms with Crippen molar-refractivity contribution in [2.45, 2.75) is 39.0 Å². The first-order valence-corrected chi connectivity index (χ1v) is 10.3. The van der Waals surface area contributed by atoms with Gasteiger partial charge in [0.15, 0.2) is 0 Å². The molecule has 1 aliphatic rings. The highest BCUT2D eigenvalue weighted by atomic mass is 32.1. The quantitative estimate of drug-likeness (QED) is 0.531. The van der Waals surface area contributed by atoms with Crippen LogP contribution in [0.25, 0.3) is 16.0 Å². The molecule has 0 aliphatic carbocycles. The molecule has 7 nitrogen and oxygen atoms in total. The molecule has 5 rings (SSSR count). The number of benzene rings is 1. The van der Waals surface area contributed by atoms with Crippen LogP contribution < -0.4 is 11.2 Å². The normalized spacial score (nSPS) is 17.1. The van der Waals surface area contributed by atoms with Crippen molar-refractivity contribution < 1.29 is 4.74 Å². The number of hydrogen-bond acceptors (Lipinski definition) is 5. The molecule has 1 aromatic carbocycles. The lowest BCUT2D eigenvalue weighted by molar-refractivity contribution is 0.0969. The van der Waals surface area contributed by atoms with Crippen LogP contribution in [0.15, 0.2) is 45.3 Å². The Morgan fingerprint density at radius 2 is 2.04 bits per heavy atom. The second-order valence-corrected chi connectivity index (χ2v) is 8.16. The summed E-state index contributed by atoms with van der Waals surface area (Å²) in [5, 5.41) is 6.38. The van der Waals surface area contributed by atoms with Gasteiger partial charge < -0.3 is 4.74 Å². The van der Waals surface area contributed by atoms with E-state index in [2.05, 4.69) is 5.10 Å². The molecular weight excluding hydrogens is 376 g/mol. The lowest BCUT2D eigenvalue weighted by Crippen LogP contribution is -2.29. The Labute approximate surface area is 164 Å². The number of aromatic nitrogens is 4. The molecule has 0 spiro atoms. The number of ether oxygens (including phenoxy) is 1. The molecule has 1 fully saturated rings. The summed E-state index contributed by atoms with van der Waals surface area (Å²) in [6.07, 6.45) is 1.89. The molecule has 0 saturated carbocycles. The number of thiophene rings is 1. The molecule has 1 atom stereocenters. The lowest BCUT2D eigenvalue weighted by atomic mass is 10.1. The molecule has 4 heterocycles. The van der Waals surface area contributed by atoms with Gasteiger partial charge in [-0.05, 0) is 36.8 Å². The van der Waals surface area contributed by atoms with E-state index in [9.17, 15) is 9.59 Å². The van der Waals surface area contributed by atoms with E-state index in [0.29, 0.717) is 35.7 Å². The maximum absolute atomic E-state index is 13.1. The number of hydrogen-bond donors (Lipinski definition) is 0. The summed E-state index contributed by atoms with van der Waals surface area (Å²) >= 11 is 1.35. The van der Waals surface area contributed by atoms with Gasteiger partial charge in [0, 0.05) is 6.61 Å². The summed E-state index contributed by atoms with van der Waals surface area (Å²) in [5.41, 5.74) is 2.43. The molecule has 144 valence electrons. The van der Waals surface area contributed by atoms with Crippen LogP contribution >= 0.6 is 11.3 Å². The Kier molecular flexibility index (Phi) is 4.17. The molecule has 0 radical (unpaired) electrons. The smallest absolute Gasteiger partial charge is 0.352 e. The first-order valence-electron chi connectivity index (χ1n) is 9.38. The third-order valence-corrected chi connectivity index (χ3v) is 6.14. The minimum absolute atomic E-state index is 0.0173. The van der Waals surface area contributed by atoms with Gasteiger partial charge in [-0.2, -0.15) is 0 Å². The molecule has 1 aliphatic heterocycles. The van der Waals surface area contributed by atoms with Crippen molar-refractivity contribution in [3.05, 3.63) is 67.7 Å². The topological polar surface area (TPSA) is 70.5 Å². The van der Waals surface area contributed by atoms with Crippen LogP contribution in [-0.2, 0) is 17.8 Å². The summed E-state index contributed by atoms with van der Waals surface area (Å²) in [6.45, 7) is 3.52. The SMILES string of the molecule is Cc1ccc(Cn2nc3n(C[C@@H]4CCCO4)c(=O)c4sccc4n3c2=O)cc1. The molecular formula is C20H20N4O3S. The van der Waals surface area contributed by atoms with E-state index < -0.39 is 0 Å². The fourth-order valence-electron chi connectivity index (χ4n) is 3.76. The van der Waals surface area contributed by atoms with Crippen LogP contribution in [-0.4, -0.2) is 31.5 Å². The minimum atomic E-state index is -0.236. The average molecular weight is 396 g/mol. The number of fused-ring (bicyclic) bond motifs is 3. The van der Waals surface area contributed by atoms with E-state index in [0.717, 1.165) is 24.0 Å². The van der Waals surface area contributed by atoms with Crippen molar-refractivity contribution in [3.63, 3.8) is 0 Å². The predicted octanol–water partition coefficient (Wildman–Crippen LogP) is 2.41. The lowest BCUT2D eigenvalue weighted by Gasteiger charge is -2.12. The second-order valence-electron chi connectivity index (χ2n) is 7.25. The molecule has 4 aromatic rings. The van der Waals surface area contributed by atoms with E-state index in [-0.39, 0.29) is 17.4 Å². The summed E-state index contributed by atoms with van der Waals surface area (Å²) in [6, 6.07) is 9.82. The maximum atomic E-state index is 13.1. The first-order chi connectivity index (χ1) is 13.6. The fourth-order valence-corrected chi connectivity index (χ4v) is 4.58. The van der Waals surface area contributed by atoms with Crippen LogP contribution in [0, 0.1) is 6.92 Å². The van der Waals surface area contributed by atoms with Crippen molar-refractivity contribution in [2.24, 2.45) is 0 Å². The first kappa shape index (κ1) is 17.4. The molecule has 0 unspecified atom stereocenters. The van der Waals surface area contributed by atoms with Gasteiger partial charge in [0.1, 0.15) is 4.70 Å². The predicted molar refractivity (Wildman–Crippen MR) is 108 cm³/mol. The molecule has 1 saturated heterocycles. The Hall–Kier alpha value is -2.71. The van der Waals surface area contributed by atoms with E-state index >= 15 is 0 Å². The van der Waals surface area contributed by atoms with Gasteiger partial charge in [-0.25, -0.2) is 13.9 Å². The van der Waals surface area contributed by atoms with Crippen LogP contribution in [0.2, 0.25) is 0 Å². The van der Waals surface area contributed by atoms with E-state index in [1.165, 1.54) is 16.0 Å². The summed E-state index contributed by atoms with van der Waals surface area (Å²) in [4.78, 5) is 26.2. The van der Waals surface area contributed by atoms with Crippen molar-refractivity contribution in [3.8, 4) is 0 Å². The van der Waals surface area contributed by atoms with Gasteiger partial charge in [0.2, 0.25) is 5.78 Å². The van der Waals surface area contributed by atoms with Gasteiger partial charge in [-0.3, -0.25) is 9.36 Å². The van der Waals surface area contributed by atoms with Gasteiger partial charge in [0.25, 0.3) is 5.56 Å². The highest BCUT2D eigenvalue weighted by Crippen LogP contribution is 2.19. The van der Waals surface area contributed by atoms with Gasteiger partial charge in [0.05, 0.1) is 24.7 Å².